The number of hydrogen-bond donors (Lipinski definition) is 4. The van der Waals surface area contributed by atoms with Crippen LogP contribution in [-0.4, -0.2) is 0 Å². The molecule has 0 fully saturated rings. The zero-order valence-corrected chi connectivity index (χ0v) is 8.93. The number of nitrogens with two attached hydrogens (primary N) is 4. The van der Waals surface area contributed by atoms with Gasteiger partial charge in [0.25, 0.3) is 0 Å². The van der Waals surface area contributed by atoms with E-state index in [-0.39, 0.29) is 0 Å². The fourth-order valence-corrected chi connectivity index (χ4v) is 1.02. The first kappa shape index (κ1) is 11.7. The van der Waals surface area contributed by atoms with Gasteiger partial charge in [-0.2, -0.15) is 0 Å². The quantitative estimate of drug-likeness (QED) is 0.503. The van der Waals surface area contributed by atoms with Gasteiger partial charge >= 0.3 is 0 Å². The van der Waals surface area contributed by atoms with Crippen LogP contribution in [0.1, 0.15) is 0 Å². The van der Waals surface area contributed by atoms with E-state index in [1.54, 1.807) is 24.3 Å². The Morgan fingerprint density at radius 2 is 0.625 bits per heavy atom. The molecule has 8 N–H and O–H groups in total. The van der Waals surface area contributed by atoms with Gasteiger partial charge in [0.05, 0.1) is 22.7 Å². The second-order valence-electron chi connectivity index (χ2n) is 3.26. The van der Waals surface area contributed by atoms with Crippen LogP contribution in [0.4, 0.5) is 22.7 Å². The molecule has 84 valence electrons. The molecule has 2 aromatic rings. The van der Waals surface area contributed by atoms with Crippen molar-refractivity contribution >= 4 is 22.7 Å². The van der Waals surface area contributed by atoms with Crippen molar-refractivity contribution in [1.29, 1.82) is 0 Å². The summed E-state index contributed by atoms with van der Waals surface area (Å²) in [5.74, 6) is 0. The largest absolute Gasteiger partial charge is 0.397 e. The Morgan fingerprint density at radius 3 is 0.750 bits per heavy atom. The Balaban J connectivity index is 0.000000160. The lowest BCUT2D eigenvalue weighted by Crippen LogP contribution is -1.91. The van der Waals surface area contributed by atoms with Gasteiger partial charge < -0.3 is 22.9 Å². The molecular weight excluding hydrogens is 200 g/mol. The van der Waals surface area contributed by atoms with Crippen LogP contribution in [0.25, 0.3) is 0 Å². The number of anilines is 4. The Kier molecular flexibility index (Phi) is 4.03. The van der Waals surface area contributed by atoms with Crippen molar-refractivity contribution in [2.24, 2.45) is 0 Å². The fourth-order valence-electron chi connectivity index (χ4n) is 1.02. The molecule has 0 aliphatic rings. The van der Waals surface area contributed by atoms with E-state index in [9.17, 15) is 0 Å². The second-order valence-corrected chi connectivity index (χ2v) is 3.26. The average molecular weight is 216 g/mol. The number of nitrogen functional groups attached to an aromatic ring is 4. The highest BCUT2D eigenvalue weighted by Crippen LogP contribution is 2.11. The zero-order chi connectivity index (χ0) is 12.0. The molecular formula is C12H16N4. The normalized spacial score (nSPS) is 9.00. The highest BCUT2D eigenvalue weighted by Gasteiger charge is 1.85. The Labute approximate surface area is 94.9 Å². The van der Waals surface area contributed by atoms with E-state index >= 15 is 0 Å². The summed E-state index contributed by atoms with van der Waals surface area (Å²) < 4.78 is 0. The summed E-state index contributed by atoms with van der Waals surface area (Å²) in [6.45, 7) is 0. The number of para-hydroxylation sites is 4. The third-order valence-corrected chi connectivity index (χ3v) is 1.99. The lowest BCUT2D eigenvalue weighted by molar-refractivity contribution is 1.67. The van der Waals surface area contributed by atoms with Crippen molar-refractivity contribution in [2.45, 2.75) is 0 Å². The smallest absolute Gasteiger partial charge is 0.0547 e. The van der Waals surface area contributed by atoms with Crippen LogP contribution in [0.3, 0.4) is 0 Å². The second kappa shape index (κ2) is 5.50. The first-order valence-corrected chi connectivity index (χ1v) is 4.81. The first-order chi connectivity index (χ1) is 7.61. The molecule has 0 heterocycles. The standard InChI is InChI=1S/2C6H8N2/c2*7-5-3-1-2-4-6(5)8/h2*1-4H,7-8H2. The minimum Gasteiger partial charge on any atom is -0.397 e. The fraction of sp³-hybridized carbons (Fsp3) is 0. The zero-order valence-electron chi connectivity index (χ0n) is 8.93. The third-order valence-electron chi connectivity index (χ3n) is 1.99. The molecule has 0 aliphatic carbocycles. The van der Waals surface area contributed by atoms with Crippen LogP contribution < -0.4 is 22.9 Å². The van der Waals surface area contributed by atoms with Gasteiger partial charge in [0.15, 0.2) is 0 Å². The Morgan fingerprint density at radius 1 is 0.438 bits per heavy atom. The summed E-state index contributed by atoms with van der Waals surface area (Å²) in [6.07, 6.45) is 0. The van der Waals surface area contributed by atoms with E-state index in [4.69, 9.17) is 22.9 Å². The van der Waals surface area contributed by atoms with Crippen molar-refractivity contribution in [3.8, 4) is 0 Å². The number of hydrogen-bond acceptors (Lipinski definition) is 4. The van der Waals surface area contributed by atoms with E-state index in [1.165, 1.54) is 0 Å². The monoisotopic (exact) mass is 216 g/mol. The molecule has 0 aromatic heterocycles. The highest BCUT2D eigenvalue weighted by atomic mass is 14.7. The maximum Gasteiger partial charge on any atom is 0.0547 e. The van der Waals surface area contributed by atoms with Crippen LogP contribution in [0, 0.1) is 0 Å². The number of rotatable bonds is 0. The van der Waals surface area contributed by atoms with Crippen LogP contribution in [-0.2, 0) is 0 Å². The molecule has 0 unspecified atom stereocenters. The van der Waals surface area contributed by atoms with Crippen molar-refractivity contribution < 1.29 is 0 Å². The van der Waals surface area contributed by atoms with Crippen LogP contribution in [0.5, 0.6) is 0 Å². The summed E-state index contributed by atoms with van der Waals surface area (Å²) in [5.41, 5.74) is 24.2. The molecule has 4 heteroatoms. The summed E-state index contributed by atoms with van der Waals surface area (Å²) in [4.78, 5) is 0. The van der Waals surface area contributed by atoms with E-state index in [1.807, 2.05) is 24.3 Å². The summed E-state index contributed by atoms with van der Waals surface area (Å²) in [6, 6.07) is 14.5. The SMILES string of the molecule is Nc1ccccc1N.Nc1ccccc1N. The van der Waals surface area contributed by atoms with Crippen LogP contribution in [0.15, 0.2) is 48.5 Å². The van der Waals surface area contributed by atoms with E-state index < -0.39 is 0 Å². The molecule has 0 radical (unpaired) electrons. The van der Waals surface area contributed by atoms with Crippen molar-refractivity contribution in [3.63, 3.8) is 0 Å². The molecule has 0 spiro atoms. The lowest BCUT2D eigenvalue weighted by Gasteiger charge is -1.94. The van der Waals surface area contributed by atoms with Gasteiger partial charge in [-0.25, -0.2) is 0 Å². The Hall–Kier alpha value is -2.36. The predicted molar refractivity (Wildman–Crippen MR) is 70.5 cm³/mol. The van der Waals surface area contributed by atoms with E-state index in [2.05, 4.69) is 0 Å². The summed E-state index contributed by atoms with van der Waals surface area (Å²) >= 11 is 0. The topological polar surface area (TPSA) is 104 Å². The average Bonchev–Trinajstić information content (AvgIpc) is 2.28. The minimum absolute atomic E-state index is 0.646. The molecule has 2 rings (SSSR count). The molecule has 16 heavy (non-hydrogen) atoms. The van der Waals surface area contributed by atoms with E-state index in [0.29, 0.717) is 22.7 Å². The highest BCUT2D eigenvalue weighted by molar-refractivity contribution is 5.62. The van der Waals surface area contributed by atoms with Crippen molar-refractivity contribution in [2.75, 3.05) is 22.9 Å². The maximum atomic E-state index is 5.39. The Bertz CT molecular complexity index is 369. The van der Waals surface area contributed by atoms with Gasteiger partial charge in [-0.05, 0) is 24.3 Å². The predicted octanol–water partition coefficient (Wildman–Crippen LogP) is 1.70. The van der Waals surface area contributed by atoms with E-state index in [0.717, 1.165) is 0 Å². The summed E-state index contributed by atoms with van der Waals surface area (Å²) in [5, 5.41) is 0. The maximum absolute atomic E-state index is 5.39. The molecule has 4 nitrogen and oxygen atoms in total. The molecule has 0 bridgehead atoms. The third kappa shape index (κ3) is 3.42. The molecule has 0 atom stereocenters. The first-order valence-electron chi connectivity index (χ1n) is 4.81. The molecule has 0 amide bonds. The number of benzene rings is 2. The van der Waals surface area contributed by atoms with Crippen LogP contribution >= 0.6 is 0 Å². The molecule has 0 aliphatic heterocycles. The van der Waals surface area contributed by atoms with Gasteiger partial charge in [-0.3, -0.25) is 0 Å². The molecule has 0 saturated carbocycles. The van der Waals surface area contributed by atoms with Crippen LogP contribution in [0.2, 0.25) is 0 Å². The van der Waals surface area contributed by atoms with Gasteiger partial charge in [0, 0.05) is 0 Å². The summed E-state index contributed by atoms with van der Waals surface area (Å²) in [7, 11) is 0. The van der Waals surface area contributed by atoms with Gasteiger partial charge in [-0.15, -0.1) is 0 Å². The van der Waals surface area contributed by atoms with Gasteiger partial charge in [-0.1, -0.05) is 24.3 Å². The molecule has 2 aromatic carbocycles. The van der Waals surface area contributed by atoms with Crippen molar-refractivity contribution in [3.05, 3.63) is 48.5 Å². The van der Waals surface area contributed by atoms with Gasteiger partial charge in [0.2, 0.25) is 0 Å². The molecule has 0 saturated heterocycles. The van der Waals surface area contributed by atoms with Gasteiger partial charge in [0.1, 0.15) is 0 Å². The van der Waals surface area contributed by atoms with Crippen molar-refractivity contribution in [1.82, 2.24) is 0 Å². The minimum atomic E-state index is 0.646. The lowest BCUT2D eigenvalue weighted by atomic mass is 10.3.